The van der Waals surface area contributed by atoms with Crippen LogP contribution in [0.1, 0.15) is 37.2 Å². The second-order valence-electron chi connectivity index (χ2n) is 6.02. The molecular formula is C16H27N3O4. The van der Waals surface area contributed by atoms with Gasteiger partial charge < -0.3 is 15.2 Å². The fourth-order valence-electron chi connectivity index (χ4n) is 2.37. The lowest BCUT2D eigenvalue weighted by atomic mass is 10.1. The Bertz CT molecular complexity index is 538. The molecular weight excluding hydrogens is 298 g/mol. The topological polar surface area (TPSA) is 93.5 Å². The molecule has 2 N–H and O–H groups in total. The van der Waals surface area contributed by atoms with Crippen LogP contribution in [0.3, 0.4) is 0 Å². The average molecular weight is 325 g/mol. The van der Waals surface area contributed by atoms with Crippen molar-refractivity contribution < 1.29 is 19.4 Å². The van der Waals surface area contributed by atoms with E-state index in [1.807, 2.05) is 18.5 Å². The second kappa shape index (κ2) is 9.29. The molecule has 0 aliphatic heterocycles. The second-order valence-corrected chi connectivity index (χ2v) is 6.02. The van der Waals surface area contributed by atoms with E-state index in [9.17, 15) is 9.59 Å². The van der Waals surface area contributed by atoms with Gasteiger partial charge in [-0.15, -0.1) is 0 Å². The molecule has 0 saturated carbocycles. The number of aryl methyl sites for hydroxylation is 1. The fourth-order valence-corrected chi connectivity index (χ4v) is 2.37. The van der Waals surface area contributed by atoms with Crippen LogP contribution in [0.5, 0.6) is 0 Å². The number of rotatable bonds is 10. The van der Waals surface area contributed by atoms with E-state index in [0.717, 1.165) is 23.5 Å². The van der Waals surface area contributed by atoms with Crippen LogP contribution in [0, 0.1) is 19.8 Å². The molecule has 1 amide bonds. The van der Waals surface area contributed by atoms with Crippen molar-refractivity contribution >= 4 is 11.9 Å². The highest BCUT2D eigenvalue weighted by Gasteiger charge is 2.13. The first-order valence-electron chi connectivity index (χ1n) is 7.90. The monoisotopic (exact) mass is 325 g/mol. The highest BCUT2D eigenvalue weighted by Crippen LogP contribution is 2.16. The van der Waals surface area contributed by atoms with Gasteiger partial charge in [0, 0.05) is 25.2 Å². The lowest BCUT2D eigenvalue weighted by Crippen LogP contribution is -2.28. The van der Waals surface area contributed by atoms with E-state index in [0.29, 0.717) is 25.3 Å². The van der Waals surface area contributed by atoms with Crippen molar-refractivity contribution in [2.75, 3.05) is 19.8 Å². The van der Waals surface area contributed by atoms with Gasteiger partial charge in [-0.05, 0) is 31.7 Å². The molecule has 0 atom stereocenters. The van der Waals surface area contributed by atoms with E-state index in [1.54, 1.807) is 0 Å². The molecule has 0 aliphatic carbocycles. The van der Waals surface area contributed by atoms with Crippen LogP contribution in [0.2, 0.25) is 0 Å². The predicted octanol–water partition coefficient (Wildman–Crippen LogP) is 1.31. The number of nitrogens with zero attached hydrogens (tertiary/aromatic N) is 2. The van der Waals surface area contributed by atoms with Crippen LogP contribution >= 0.6 is 0 Å². The number of hydrogen-bond acceptors (Lipinski definition) is 4. The summed E-state index contributed by atoms with van der Waals surface area (Å²) >= 11 is 0. The first kappa shape index (κ1) is 19.2. The Morgan fingerprint density at radius 2 is 2.04 bits per heavy atom. The van der Waals surface area contributed by atoms with Crippen molar-refractivity contribution in [2.24, 2.45) is 5.92 Å². The minimum absolute atomic E-state index is 0.0701. The molecule has 0 aromatic carbocycles. The van der Waals surface area contributed by atoms with Gasteiger partial charge in [0.05, 0.1) is 12.3 Å². The number of aliphatic carboxylic acids is 1. The maximum Gasteiger partial charge on any atom is 0.329 e. The Hall–Kier alpha value is -1.89. The Labute approximate surface area is 137 Å². The SMILES string of the molecule is Cc1nn(CC(C)C)c(C)c1CCC(=O)NCCOCC(=O)O. The third-order valence-corrected chi connectivity index (χ3v) is 3.47. The molecule has 1 aromatic heterocycles. The summed E-state index contributed by atoms with van der Waals surface area (Å²) < 4.78 is 6.87. The predicted molar refractivity (Wildman–Crippen MR) is 86.3 cm³/mol. The Morgan fingerprint density at radius 3 is 2.65 bits per heavy atom. The molecule has 0 fully saturated rings. The molecule has 0 unspecified atom stereocenters. The molecule has 0 radical (unpaired) electrons. The molecule has 7 heteroatoms. The van der Waals surface area contributed by atoms with Crippen LogP contribution in [0.15, 0.2) is 0 Å². The minimum Gasteiger partial charge on any atom is -0.480 e. The Kier molecular flexibility index (Phi) is 7.74. The van der Waals surface area contributed by atoms with Crippen LogP contribution < -0.4 is 5.32 Å². The van der Waals surface area contributed by atoms with E-state index in [2.05, 4.69) is 24.3 Å². The number of carboxylic acid groups (broad SMARTS) is 1. The third kappa shape index (κ3) is 6.81. The van der Waals surface area contributed by atoms with E-state index in [-0.39, 0.29) is 19.1 Å². The lowest BCUT2D eigenvalue weighted by molar-refractivity contribution is -0.142. The molecule has 0 bridgehead atoms. The van der Waals surface area contributed by atoms with Crippen molar-refractivity contribution in [2.45, 2.75) is 47.1 Å². The minimum atomic E-state index is -1.01. The fraction of sp³-hybridized carbons (Fsp3) is 0.688. The van der Waals surface area contributed by atoms with Crippen LogP contribution in [-0.4, -0.2) is 46.5 Å². The lowest BCUT2D eigenvalue weighted by Gasteiger charge is -2.08. The summed E-state index contributed by atoms with van der Waals surface area (Å²) in [6, 6.07) is 0. The highest BCUT2D eigenvalue weighted by molar-refractivity contribution is 5.76. The Balaban J connectivity index is 2.38. The maximum atomic E-state index is 11.8. The first-order valence-corrected chi connectivity index (χ1v) is 7.90. The van der Waals surface area contributed by atoms with Gasteiger partial charge in [0.1, 0.15) is 6.61 Å². The van der Waals surface area contributed by atoms with Gasteiger partial charge in [0.2, 0.25) is 5.91 Å². The molecule has 23 heavy (non-hydrogen) atoms. The zero-order chi connectivity index (χ0) is 17.4. The first-order chi connectivity index (χ1) is 10.8. The Morgan fingerprint density at radius 1 is 1.35 bits per heavy atom. The molecule has 1 aromatic rings. The van der Waals surface area contributed by atoms with Crippen LogP contribution in [0.4, 0.5) is 0 Å². The number of carbonyl (C=O) groups excluding carboxylic acids is 1. The number of aromatic nitrogens is 2. The summed E-state index contributed by atoms with van der Waals surface area (Å²) in [5, 5.41) is 15.7. The average Bonchev–Trinajstić information content (AvgIpc) is 2.70. The highest BCUT2D eigenvalue weighted by atomic mass is 16.5. The number of carboxylic acids is 1. The molecule has 0 spiro atoms. The third-order valence-electron chi connectivity index (χ3n) is 3.47. The van der Waals surface area contributed by atoms with Gasteiger partial charge in [-0.25, -0.2) is 4.79 Å². The van der Waals surface area contributed by atoms with E-state index in [4.69, 9.17) is 9.84 Å². The van der Waals surface area contributed by atoms with Gasteiger partial charge in [0.15, 0.2) is 0 Å². The van der Waals surface area contributed by atoms with Crippen molar-refractivity contribution in [1.82, 2.24) is 15.1 Å². The normalized spacial score (nSPS) is 11.0. The van der Waals surface area contributed by atoms with E-state index in [1.165, 1.54) is 0 Å². The van der Waals surface area contributed by atoms with Gasteiger partial charge in [-0.2, -0.15) is 5.10 Å². The molecule has 0 saturated heterocycles. The summed E-state index contributed by atoms with van der Waals surface area (Å²) in [4.78, 5) is 22.1. The molecule has 130 valence electrons. The number of amides is 1. The summed E-state index contributed by atoms with van der Waals surface area (Å²) in [6.07, 6.45) is 1.03. The van der Waals surface area contributed by atoms with Crippen LogP contribution in [0.25, 0.3) is 0 Å². The van der Waals surface area contributed by atoms with Crippen molar-refractivity contribution in [1.29, 1.82) is 0 Å². The molecule has 1 rings (SSSR count). The molecule has 0 aliphatic rings. The zero-order valence-electron chi connectivity index (χ0n) is 14.4. The van der Waals surface area contributed by atoms with Crippen molar-refractivity contribution in [3.8, 4) is 0 Å². The van der Waals surface area contributed by atoms with Gasteiger partial charge in [-0.3, -0.25) is 9.48 Å². The summed E-state index contributed by atoms with van der Waals surface area (Å²) in [7, 11) is 0. The van der Waals surface area contributed by atoms with Crippen molar-refractivity contribution in [3.63, 3.8) is 0 Å². The van der Waals surface area contributed by atoms with Crippen molar-refractivity contribution in [3.05, 3.63) is 17.0 Å². The largest absolute Gasteiger partial charge is 0.480 e. The maximum absolute atomic E-state index is 11.8. The van der Waals surface area contributed by atoms with E-state index < -0.39 is 5.97 Å². The molecule has 7 nitrogen and oxygen atoms in total. The van der Waals surface area contributed by atoms with Gasteiger partial charge in [-0.1, -0.05) is 13.8 Å². The number of nitrogens with one attached hydrogen (secondary N) is 1. The van der Waals surface area contributed by atoms with E-state index >= 15 is 0 Å². The standard InChI is InChI=1S/C16H27N3O4/c1-11(2)9-19-13(4)14(12(3)18-19)5-6-15(20)17-7-8-23-10-16(21)22/h11H,5-10H2,1-4H3,(H,17,20)(H,21,22). The quantitative estimate of drug-likeness (QED) is 0.633. The number of carbonyl (C=O) groups is 2. The number of ether oxygens (including phenoxy) is 1. The van der Waals surface area contributed by atoms with Gasteiger partial charge >= 0.3 is 5.97 Å². The summed E-state index contributed by atoms with van der Waals surface area (Å²) in [5.74, 6) is -0.560. The zero-order valence-corrected chi connectivity index (χ0v) is 14.4. The van der Waals surface area contributed by atoms with Crippen LogP contribution in [-0.2, 0) is 27.3 Å². The summed E-state index contributed by atoms with van der Waals surface area (Å²) in [6.45, 7) is 9.35. The number of hydrogen-bond donors (Lipinski definition) is 2. The smallest absolute Gasteiger partial charge is 0.329 e. The van der Waals surface area contributed by atoms with Gasteiger partial charge in [0.25, 0.3) is 0 Å². The molecule has 1 heterocycles. The summed E-state index contributed by atoms with van der Waals surface area (Å²) in [5.41, 5.74) is 3.22.